The molecule has 1 aromatic heterocycles. The first-order chi connectivity index (χ1) is 9.65. The average molecular weight is 275 g/mol. The molecule has 1 heterocycles. The predicted molar refractivity (Wildman–Crippen MR) is 75.2 cm³/mol. The van der Waals surface area contributed by atoms with Crippen LogP contribution in [0.3, 0.4) is 0 Å². The standard InChI is InChI=1S/C15H18FN3O/c1-4-17-15(12-6-5-11(16)7-10(12)2)13-8-14(20-3)19-9-18-13/h5-9,15,17H,4H2,1-3H3. The molecule has 0 saturated carbocycles. The number of nitrogens with one attached hydrogen (secondary N) is 1. The highest BCUT2D eigenvalue weighted by atomic mass is 19.1. The van der Waals surface area contributed by atoms with E-state index in [2.05, 4.69) is 15.3 Å². The van der Waals surface area contributed by atoms with E-state index >= 15 is 0 Å². The van der Waals surface area contributed by atoms with E-state index in [1.54, 1.807) is 19.2 Å². The first kappa shape index (κ1) is 14.4. The largest absolute Gasteiger partial charge is 0.481 e. The van der Waals surface area contributed by atoms with Crippen LogP contribution in [0.1, 0.15) is 29.8 Å². The van der Waals surface area contributed by atoms with Crippen LogP contribution in [0.4, 0.5) is 4.39 Å². The van der Waals surface area contributed by atoms with Gasteiger partial charge in [0.25, 0.3) is 0 Å². The zero-order valence-electron chi connectivity index (χ0n) is 11.9. The van der Waals surface area contributed by atoms with Crippen LogP contribution in [0.15, 0.2) is 30.6 Å². The number of halogens is 1. The number of methoxy groups -OCH3 is 1. The minimum atomic E-state index is -0.234. The predicted octanol–water partition coefficient (Wildman–Crippen LogP) is 2.63. The fraction of sp³-hybridized carbons (Fsp3) is 0.333. The monoisotopic (exact) mass is 275 g/mol. The number of benzene rings is 1. The van der Waals surface area contributed by atoms with Gasteiger partial charge in [0.2, 0.25) is 5.88 Å². The number of rotatable bonds is 5. The maximum atomic E-state index is 13.3. The molecule has 2 aromatic rings. The van der Waals surface area contributed by atoms with Gasteiger partial charge in [-0.25, -0.2) is 14.4 Å². The first-order valence-corrected chi connectivity index (χ1v) is 6.51. The van der Waals surface area contributed by atoms with Crippen molar-refractivity contribution < 1.29 is 9.13 Å². The Kier molecular flexibility index (Phi) is 4.63. The van der Waals surface area contributed by atoms with E-state index in [0.29, 0.717) is 5.88 Å². The van der Waals surface area contributed by atoms with E-state index in [4.69, 9.17) is 4.74 Å². The summed E-state index contributed by atoms with van der Waals surface area (Å²) < 4.78 is 18.4. The maximum absolute atomic E-state index is 13.3. The third kappa shape index (κ3) is 3.11. The van der Waals surface area contributed by atoms with Gasteiger partial charge in [-0.05, 0) is 36.7 Å². The lowest BCUT2D eigenvalue weighted by atomic mass is 9.98. The Morgan fingerprint density at radius 1 is 1.30 bits per heavy atom. The van der Waals surface area contributed by atoms with E-state index in [1.165, 1.54) is 18.5 Å². The summed E-state index contributed by atoms with van der Waals surface area (Å²) in [5.74, 6) is 0.277. The minimum Gasteiger partial charge on any atom is -0.481 e. The fourth-order valence-corrected chi connectivity index (χ4v) is 2.16. The van der Waals surface area contributed by atoms with E-state index in [1.807, 2.05) is 13.8 Å². The summed E-state index contributed by atoms with van der Waals surface area (Å²) in [6.07, 6.45) is 1.47. The van der Waals surface area contributed by atoms with Gasteiger partial charge < -0.3 is 10.1 Å². The Morgan fingerprint density at radius 3 is 2.75 bits per heavy atom. The zero-order valence-corrected chi connectivity index (χ0v) is 11.9. The third-order valence-corrected chi connectivity index (χ3v) is 3.12. The molecule has 0 bridgehead atoms. The molecule has 20 heavy (non-hydrogen) atoms. The van der Waals surface area contributed by atoms with E-state index in [-0.39, 0.29) is 11.9 Å². The van der Waals surface area contributed by atoms with Crippen LogP contribution in [0.5, 0.6) is 5.88 Å². The first-order valence-electron chi connectivity index (χ1n) is 6.51. The van der Waals surface area contributed by atoms with Crippen LogP contribution >= 0.6 is 0 Å². The molecule has 0 aliphatic carbocycles. The summed E-state index contributed by atoms with van der Waals surface area (Å²) in [5.41, 5.74) is 2.68. The van der Waals surface area contributed by atoms with Gasteiger partial charge in [0.1, 0.15) is 12.1 Å². The second-order valence-electron chi connectivity index (χ2n) is 4.48. The summed E-state index contributed by atoms with van der Waals surface area (Å²) in [6, 6.07) is 6.45. The van der Waals surface area contributed by atoms with Crippen molar-refractivity contribution in [2.75, 3.05) is 13.7 Å². The molecular formula is C15H18FN3O. The third-order valence-electron chi connectivity index (χ3n) is 3.12. The second-order valence-corrected chi connectivity index (χ2v) is 4.48. The molecule has 0 amide bonds. The Labute approximate surface area is 118 Å². The molecule has 106 valence electrons. The van der Waals surface area contributed by atoms with Crippen molar-refractivity contribution in [2.45, 2.75) is 19.9 Å². The SMILES string of the molecule is CCNC(c1cc(OC)ncn1)c1ccc(F)cc1C. The molecule has 0 spiro atoms. The van der Waals surface area contributed by atoms with Crippen molar-refractivity contribution in [1.82, 2.24) is 15.3 Å². The summed E-state index contributed by atoms with van der Waals surface area (Å²) in [6.45, 7) is 4.68. The minimum absolute atomic E-state index is 0.113. The van der Waals surface area contributed by atoms with Crippen LogP contribution < -0.4 is 10.1 Å². The fourth-order valence-electron chi connectivity index (χ4n) is 2.16. The smallest absolute Gasteiger partial charge is 0.216 e. The molecule has 1 atom stereocenters. The molecule has 4 nitrogen and oxygen atoms in total. The number of aromatic nitrogens is 2. The number of ether oxygens (including phenoxy) is 1. The molecule has 1 unspecified atom stereocenters. The molecule has 0 radical (unpaired) electrons. The highest BCUT2D eigenvalue weighted by molar-refractivity contribution is 5.35. The zero-order chi connectivity index (χ0) is 14.5. The van der Waals surface area contributed by atoms with E-state index < -0.39 is 0 Å². The van der Waals surface area contributed by atoms with Crippen LogP contribution in [0, 0.1) is 12.7 Å². The molecule has 0 fully saturated rings. The molecular weight excluding hydrogens is 257 g/mol. The van der Waals surface area contributed by atoms with Crippen LogP contribution in [-0.2, 0) is 0 Å². The van der Waals surface area contributed by atoms with Crippen LogP contribution in [-0.4, -0.2) is 23.6 Å². The molecule has 0 aliphatic rings. The Hall–Kier alpha value is -2.01. The summed E-state index contributed by atoms with van der Waals surface area (Å²) in [7, 11) is 1.57. The van der Waals surface area contributed by atoms with Gasteiger partial charge in [0.15, 0.2) is 0 Å². The molecule has 0 aliphatic heterocycles. The van der Waals surface area contributed by atoms with Gasteiger partial charge in [-0.2, -0.15) is 0 Å². The van der Waals surface area contributed by atoms with Crippen molar-refractivity contribution in [1.29, 1.82) is 0 Å². The highest BCUT2D eigenvalue weighted by Gasteiger charge is 2.17. The summed E-state index contributed by atoms with van der Waals surface area (Å²) >= 11 is 0. The highest BCUT2D eigenvalue weighted by Crippen LogP contribution is 2.25. The molecule has 1 N–H and O–H groups in total. The lowest BCUT2D eigenvalue weighted by molar-refractivity contribution is 0.395. The second kappa shape index (κ2) is 6.43. The summed E-state index contributed by atoms with van der Waals surface area (Å²) in [5, 5.41) is 3.36. The molecule has 2 rings (SSSR count). The average Bonchev–Trinajstić information content (AvgIpc) is 2.45. The molecule has 1 aromatic carbocycles. The van der Waals surface area contributed by atoms with Crippen molar-refractivity contribution in [3.63, 3.8) is 0 Å². The lowest BCUT2D eigenvalue weighted by Crippen LogP contribution is -2.24. The van der Waals surface area contributed by atoms with E-state index in [9.17, 15) is 4.39 Å². The van der Waals surface area contributed by atoms with Crippen LogP contribution in [0.25, 0.3) is 0 Å². The van der Waals surface area contributed by atoms with Gasteiger partial charge >= 0.3 is 0 Å². The van der Waals surface area contributed by atoms with Gasteiger partial charge in [-0.3, -0.25) is 0 Å². The van der Waals surface area contributed by atoms with Gasteiger partial charge in [0.05, 0.1) is 18.8 Å². The summed E-state index contributed by atoms with van der Waals surface area (Å²) in [4.78, 5) is 8.31. The van der Waals surface area contributed by atoms with Crippen molar-refractivity contribution >= 4 is 0 Å². The van der Waals surface area contributed by atoms with E-state index in [0.717, 1.165) is 23.4 Å². The molecule has 5 heteroatoms. The number of hydrogen-bond acceptors (Lipinski definition) is 4. The van der Waals surface area contributed by atoms with Gasteiger partial charge in [-0.15, -0.1) is 0 Å². The van der Waals surface area contributed by atoms with Crippen molar-refractivity contribution in [3.05, 3.63) is 53.2 Å². The molecule has 0 saturated heterocycles. The maximum Gasteiger partial charge on any atom is 0.216 e. The Balaban J connectivity index is 2.44. The van der Waals surface area contributed by atoms with Crippen molar-refractivity contribution in [2.24, 2.45) is 0 Å². The van der Waals surface area contributed by atoms with Gasteiger partial charge in [-0.1, -0.05) is 13.0 Å². The number of nitrogens with zero attached hydrogens (tertiary/aromatic N) is 2. The number of aryl methyl sites for hydroxylation is 1. The normalized spacial score (nSPS) is 12.2. The lowest BCUT2D eigenvalue weighted by Gasteiger charge is -2.20. The van der Waals surface area contributed by atoms with Crippen molar-refractivity contribution in [3.8, 4) is 5.88 Å². The van der Waals surface area contributed by atoms with Gasteiger partial charge in [0, 0.05) is 6.07 Å². The number of hydrogen-bond donors (Lipinski definition) is 1. The Morgan fingerprint density at radius 2 is 2.10 bits per heavy atom. The Bertz CT molecular complexity index is 589. The van der Waals surface area contributed by atoms with Crippen LogP contribution in [0.2, 0.25) is 0 Å². The topological polar surface area (TPSA) is 47.0 Å². The quantitative estimate of drug-likeness (QED) is 0.911.